The predicted molar refractivity (Wildman–Crippen MR) is 154 cm³/mol. The van der Waals surface area contributed by atoms with E-state index in [-0.39, 0.29) is 18.0 Å². The molecule has 2 aromatic carbocycles. The number of fused-ring (bicyclic) bond motifs is 5. The fourth-order valence-corrected chi connectivity index (χ4v) is 6.88. The number of nitrogens with zero attached hydrogens (tertiary/aromatic N) is 2. The standard InChI is InChI=1S/C30H37N3O6S/c1-18-24-16-21(39-5)12-14-22(24)27-26(19-9-7-6-8-10-19)23-13-11-20(28(34)31-40(37,38)32(3)4)15-25(23)33(27)17-30(18,2)29(35)36/h11-16,18-19H,6-10,17H2,1-5H3,(H,31,34)(H,35,36)/t18-,30-/m0/s1. The van der Waals surface area contributed by atoms with Gasteiger partial charge in [-0.2, -0.15) is 12.7 Å². The minimum atomic E-state index is -3.98. The third kappa shape index (κ3) is 4.56. The van der Waals surface area contributed by atoms with Gasteiger partial charge in [-0.15, -0.1) is 0 Å². The van der Waals surface area contributed by atoms with E-state index < -0.39 is 27.5 Å². The molecule has 2 N–H and O–H groups in total. The van der Waals surface area contributed by atoms with Crippen molar-refractivity contribution < 1.29 is 27.9 Å². The Morgan fingerprint density at radius 2 is 1.80 bits per heavy atom. The number of carbonyl (C=O) groups excluding carboxylic acids is 1. The highest BCUT2D eigenvalue weighted by atomic mass is 32.2. The van der Waals surface area contributed by atoms with E-state index >= 15 is 0 Å². The van der Waals surface area contributed by atoms with Gasteiger partial charge in [0, 0.05) is 42.7 Å². The molecule has 2 atom stereocenters. The summed E-state index contributed by atoms with van der Waals surface area (Å²) in [7, 11) is 0.323. The van der Waals surface area contributed by atoms with Crippen LogP contribution in [0.1, 0.15) is 79.3 Å². The smallest absolute Gasteiger partial charge is 0.311 e. The van der Waals surface area contributed by atoms with Crippen molar-refractivity contribution >= 4 is 33.0 Å². The SMILES string of the molecule is COc1ccc2c(c1)[C@H](C)[C@@](C)(C(=O)O)Cn1c-2c(C2CCCCC2)c2ccc(C(=O)NS(=O)(=O)N(C)C)cc21. The molecule has 10 heteroatoms. The zero-order chi connectivity index (χ0) is 29.0. The van der Waals surface area contributed by atoms with Gasteiger partial charge in [0.1, 0.15) is 5.75 Å². The van der Waals surface area contributed by atoms with Crippen LogP contribution in [0, 0.1) is 5.41 Å². The zero-order valence-electron chi connectivity index (χ0n) is 23.7. The highest BCUT2D eigenvalue weighted by molar-refractivity contribution is 7.87. The predicted octanol–water partition coefficient (Wildman–Crippen LogP) is 5.11. The number of nitrogens with one attached hydrogen (secondary N) is 1. The van der Waals surface area contributed by atoms with E-state index in [1.807, 2.05) is 31.2 Å². The van der Waals surface area contributed by atoms with Crippen molar-refractivity contribution in [1.29, 1.82) is 0 Å². The van der Waals surface area contributed by atoms with Gasteiger partial charge in [-0.25, -0.2) is 4.72 Å². The first-order valence-electron chi connectivity index (χ1n) is 13.7. The van der Waals surface area contributed by atoms with Crippen LogP contribution in [0.3, 0.4) is 0 Å². The fourth-order valence-electron chi connectivity index (χ4n) is 6.35. The quantitative estimate of drug-likeness (QED) is 0.428. The molecule has 0 saturated heterocycles. The minimum absolute atomic E-state index is 0.192. The van der Waals surface area contributed by atoms with E-state index in [0.717, 1.165) is 57.7 Å². The number of rotatable bonds is 6. The van der Waals surface area contributed by atoms with Crippen LogP contribution in [0.4, 0.5) is 0 Å². The number of aromatic nitrogens is 1. The van der Waals surface area contributed by atoms with E-state index in [9.17, 15) is 23.1 Å². The van der Waals surface area contributed by atoms with E-state index in [1.165, 1.54) is 26.1 Å². The van der Waals surface area contributed by atoms with Gasteiger partial charge in [0.05, 0.1) is 18.2 Å². The molecule has 1 aliphatic heterocycles. The molecule has 1 aliphatic carbocycles. The fraction of sp³-hybridized carbons (Fsp3) is 0.467. The Morgan fingerprint density at radius 3 is 2.42 bits per heavy atom. The third-order valence-electron chi connectivity index (χ3n) is 8.99. The van der Waals surface area contributed by atoms with Crippen molar-refractivity contribution in [2.45, 2.75) is 64.3 Å². The summed E-state index contributed by atoms with van der Waals surface area (Å²) < 4.78 is 35.4. The number of hydrogen-bond donors (Lipinski definition) is 2. The van der Waals surface area contributed by atoms with E-state index in [0.29, 0.717) is 11.7 Å². The van der Waals surface area contributed by atoms with E-state index in [2.05, 4.69) is 9.29 Å². The topological polar surface area (TPSA) is 118 Å². The first-order valence-corrected chi connectivity index (χ1v) is 15.2. The van der Waals surface area contributed by atoms with Crippen LogP contribution in [0.15, 0.2) is 36.4 Å². The molecular formula is C30H37N3O6S. The van der Waals surface area contributed by atoms with Crippen LogP contribution in [-0.2, 0) is 21.5 Å². The molecule has 3 aromatic rings. The molecule has 0 bridgehead atoms. The number of carbonyl (C=O) groups is 2. The lowest BCUT2D eigenvalue weighted by Crippen LogP contribution is -2.39. The van der Waals surface area contributed by atoms with Gasteiger partial charge in [-0.3, -0.25) is 9.59 Å². The molecule has 1 aromatic heterocycles. The maximum Gasteiger partial charge on any atom is 0.311 e. The first kappa shape index (κ1) is 28.2. The summed E-state index contributed by atoms with van der Waals surface area (Å²) in [5.74, 6) is -1.02. The Bertz CT molecular complexity index is 1600. The lowest BCUT2D eigenvalue weighted by molar-refractivity contribution is -0.150. The van der Waals surface area contributed by atoms with Gasteiger partial charge >= 0.3 is 16.2 Å². The molecule has 1 saturated carbocycles. The molecule has 40 heavy (non-hydrogen) atoms. The van der Waals surface area contributed by atoms with Crippen LogP contribution >= 0.6 is 0 Å². The average Bonchev–Trinajstić information content (AvgIpc) is 3.20. The number of benzene rings is 2. The number of carboxylic acids is 1. The van der Waals surface area contributed by atoms with Gasteiger partial charge < -0.3 is 14.4 Å². The average molecular weight is 568 g/mol. The molecular weight excluding hydrogens is 530 g/mol. The Labute approximate surface area is 235 Å². The van der Waals surface area contributed by atoms with Crippen molar-refractivity contribution in [2.75, 3.05) is 21.2 Å². The minimum Gasteiger partial charge on any atom is -0.497 e. The Kier molecular flexibility index (Phi) is 7.20. The van der Waals surface area contributed by atoms with Crippen molar-refractivity contribution in [2.24, 2.45) is 5.41 Å². The van der Waals surface area contributed by atoms with Crippen LogP contribution in [-0.4, -0.2) is 55.5 Å². The maximum absolute atomic E-state index is 13.1. The molecule has 0 spiro atoms. The van der Waals surface area contributed by atoms with Crippen LogP contribution in [0.5, 0.6) is 5.75 Å². The number of methoxy groups -OCH3 is 1. The Balaban J connectivity index is 1.81. The van der Waals surface area contributed by atoms with Crippen molar-refractivity contribution in [3.05, 3.63) is 53.1 Å². The number of carboxylic acid groups (broad SMARTS) is 1. The van der Waals surface area contributed by atoms with Crippen molar-refractivity contribution in [1.82, 2.24) is 13.6 Å². The Hall–Kier alpha value is -3.37. The summed E-state index contributed by atoms with van der Waals surface area (Å²) in [6.07, 6.45) is 5.51. The summed E-state index contributed by atoms with van der Waals surface area (Å²) in [6, 6.07) is 11.1. The second kappa shape index (κ2) is 10.2. The number of aliphatic carboxylic acids is 1. The summed E-state index contributed by atoms with van der Waals surface area (Å²) in [6.45, 7) is 3.91. The molecule has 9 nitrogen and oxygen atoms in total. The maximum atomic E-state index is 13.1. The zero-order valence-corrected chi connectivity index (χ0v) is 24.5. The van der Waals surface area contributed by atoms with E-state index in [1.54, 1.807) is 26.2 Å². The van der Waals surface area contributed by atoms with Crippen LogP contribution < -0.4 is 9.46 Å². The first-order chi connectivity index (χ1) is 18.9. The van der Waals surface area contributed by atoms with E-state index in [4.69, 9.17) is 4.74 Å². The molecule has 5 rings (SSSR count). The highest BCUT2D eigenvalue weighted by Crippen LogP contribution is 2.52. The van der Waals surface area contributed by atoms with Crippen LogP contribution in [0.2, 0.25) is 0 Å². The van der Waals surface area contributed by atoms with Crippen LogP contribution in [0.25, 0.3) is 22.2 Å². The largest absolute Gasteiger partial charge is 0.497 e. The summed E-state index contributed by atoms with van der Waals surface area (Å²) >= 11 is 0. The lowest BCUT2D eigenvalue weighted by Gasteiger charge is -2.31. The molecule has 214 valence electrons. The van der Waals surface area contributed by atoms with Gasteiger partial charge in [0.2, 0.25) is 0 Å². The molecule has 2 heterocycles. The monoisotopic (exact) mass is 567 g/mol. The second-order valence-corrected chi connectivity index (χ2v) is 13.4. The van der Waals surface area contributed by atoms with Gasteiger partial charge in [-0.05, 0) is 73.1 Å². The highest BCUT2D eigenvalue weighted by Gasteiger charge is 2.45. The second-order valence-electron chi connectivity index (χ2n) is 11.5. The Morgan fingerprint density at radius 1 is 1.10 bits per heavy atom. The molecule has 1 amide bonds. The lowest BCUT2D eigenvalue weighted by atomic mass is 9.73. The van der Waals surface area contributed by atoms with Gasteiger partial charge in [0.15, 0.2) is 0 Å². The summed E-state index contributed by atoms with van der Waals surface area (Å²) in [5.41, 5.74) is 3.81. The van der Waals surface area contributed by atoms with Crippen molar-refractivity contribution in [3.8, 4) is 17.0 Å². The number of amides is 1. The molecule has 1 fully saturated rings. The summed E-state index contributed by atoms with van der Waals surface area (Å²) in [5, 5.41) is 11.5. The number of ether oxygens (including phenoxy) is 1. The normalized spacial score (nSPS) is 21.5. The molecule has 0 radical (unpaired) electrons. The van der Waals surface area contributed by atoms with Crippen molar-refractivity contribution in [3.63, 3.8) is 0 Å². The molecule has 0 unspecified atom stereocenters. The van der Waals surface area contributed by atoms with Gasteiger partial charge in [-0.1, -0.05) is 32.3 Å². The molecule has 2 aliphatic rings. The van der Waals surface area contributed by atoms with Gasteiger partial charge in [0.25, 0.3) is 5.91 Å². The third-order valence-corrected chi connectivity index (χ3v) is 10.4. The summed E-state index contributed by atoms with van der Waals surface area (Å²) in [4.78, 5) is 25.9. The number of hydrogen-bond acceptors (Lipinski definition) is 5.